The number of nitrogens with zero attached hydrogens (tertiary/aromatic N) is 2. The number of halogens is 2. The van der Waals surface area contributed by atoms with E-state index in [2.05, 4.69) is 15.3 Å². The van der Waals surface area contributed by atoms with E-state index < -0.39 is 27.4 Å². The van der Waals surface area contributed by atoms with Crippen LogP contribution in [-0.2, 0) is 10.0 Å². The molecule has 2 heterocycles. The number of aromatic amines is 1. The van der Waals surface area contributed by atoms with Crippen molar-refractivity contribution in [3.8, 4) is 0 Å². The number of sulfonamides is 1. The van der Waals surface area contributed by atoms with Crippen molar-refractivity contribution < 1.29 is 12.8 Å². The molecule has 166 valence electrons. The molecule has 0 amide bonds. The second-order valence-electron chi connectivity index (χ2n) is 7.86. The minimum atomic E-state index is -3.47. The fourth-order valence-corrected chi connectivity index (χ4v) is 4.58. The monoisotopic (exact) mass is 466 g/mol. The van der Waals surface area contributed by atoms with Crippen molar-refractivity contribution in [2.45, 2.75) is 26.8 Å². The Bertz CT molecular complexity index is 1280. The Hall–Kier alpha value is -2.65. The number of hydrogen-bond acceptors (Lipinski definition) is 5. The summed E-state index contributed by atoms with van der Waals surface area (Å²) in [4.78, 5) is 19.3. The molecule has 0 bridgehead atoms. The molecule has 0 spiro atoms. The number of hydrogen-bond donors (Lipinski definition) is 2. The number of nitrogens with one attached hydrogen (secondary N) is 2. The molecule has 0 radical (unpaired) electrons. The predicted octanol–water partition coefficient (Wildman–Crippen LogP) is 4.31. The van der Waals surface area contributed by atoms with Gasteiger partial charge in [0.25, 0.3) is 5.56 Å². The summed E-state index contributed by atoms with van der Waals surface area (Å²) in [6.07, 6.45) is 2.66. The summed E-state index contributed by atoms with van der Waals surface area (Å²) in [5, 5.41) is 3.81. The van der Waals surface area contributed by atoms with Gasteiger partial charge in [-0.25, -0.2) is 17.8 Å². The van der Waals surface area contributed by atoms with Crippen LogP contribution in [0, 0.1) is 11.7 Å². The van der Waals surface area contributed by atoms with Crippen LogP contribution in [0.4, 0.5) is 15.9 Å². The van der Waals surface area contributed by atoms with Crippen LogP contribution in [0.2, 0.25) is 5.02 Å². The molecule has 3 aromatic rings. The molecule has 0 aliphatic heterocycles. The van der Waals surface area contributed by atoms with Gasteiger partial charge in [-0.05, 0) is 37.1 Å². The molecule has 2 aromatic heterocycles. The average molecular weight is 467 g/mol. The summed E-state index contributed by atoms with van der Waals surface area (Å²) in [5.41, 5.74) is 0.482. The lowest BCUT2D eigenvalue weighted by atomic mass is 10.1. The second kappa shape index (κ2) is 8.84. The number of aromatic nitrogens is 2. The predicted molar refractivity (Wildman–Crippen MR) is 123 cm³/mol. The van der Waals surface area contributed by atoms with E-state index in [4.69, 9.17) is 11.6 Å². The van der Waals surface area contributed by atoms with Gasteiger partial charge in [-0.2, -0.15) is 0 Å². The van der Waals surface area contributed by atoms with E-state index in [1.807, 2.05) is 13.8 Å². The van der Waals surface area contributed by atoms with Crippen LogP contribution in [0.5, 0.6) is 0 Å². The largest absolute Gasteiger partial charge is 0.363 e. The van der Waals surface area contributed by atoms with Crippen molar-refractivity contribution in [1.29, 1.82) is 0 Å². The van der Waals surface area contributed by atoms with E-state index in [1.54, 1.807) is 31.2 Å². The van der Waals surface area contributed by atoms with E-state index in [0.29, 0.717) is 29.0 Å². The maximum atomic E-state index is 14.1. The highest BCUT2D eigenvalue weighted by atomic mass is 35.5. The number of H-pyrrole nitrogens is 1. The van der Waals surface area contributed by atoms with Gasteiger partial charge < -0.3 is 10.3 Å². The zero-order valence-electron chi connectivity index (χ0n) is 17.6. The van der Waals surface area contributed by atoms with Gasteiger partial charge in [-0.1, -0.05) is 25.4 Å². The summed E-state index contributed by atoms with van der Waals surface area (Å²) >= 11 is 5.93. The van der Waals surface area contributed by atoms with Crippen molar-refractivity contribution in [2.24, 2.45) is 5.92 Å². The lowest BCUT2D eigenvalue weighted by Gasteiger charge is -2.25. The highest BCUT2D eigenvalue weighted by molar-refractivity contribution is 7.92. The van der Waals surface area contributed by atoms with Crippen molar-refractivity contribution in [1.82, 2.24) is 9.97 Å². The molecular formula is C21H24ClFN4O3S. The number of pyridine rings is 2. The lowest BCUT2D eigenvalue weighted by Crippen LogP contribution is -2.33. The molecule has 0 fully saturated rings. The number of fused-ring (bicyclic) bond motifs is 1. The van der Waals surface area contributed by atoms with Crippen LogP contribution in [0.1, 0.15) is 32.4 Å². The van der Waals surface area contributed by atoms with Gasteiger partial charge in [0.2, 0.25) is 10.0 Å². The second-order valence-corrected chi connectivity index (χ2v) is 10.2. The van der Waals surface area contributed by atoms with Crippen molar-refractivity contribution in [3.63, 3.8) is 0 Å². The first kappa shape index (κ1) is 23.0. The molecule has 31 heavy (non-hydrogen) atoms. The van der Waals surface area contributed by atoms with E-state index in [-0.39, 0.29) is 16.5 Å². The third-order valence-corrected chi connectivity index (χ3v) is 6.07. The van der Waals surface area contributed by atoms with E-state index in [1.165, 1.54) is 10.5 Å². The highest BCUT2D eigenvalue weighted by Crippen LogP contribution is 2.26. The van der Waals surface area contributed by atoms with Crippen molar-refractivity contribution >= 4 is 44.0 Å². The Morgan fingerprint density at radius 2 is 1.94 bits per heavy atom. The maximum absolute atomic E-state index is 14.1. The Morgan fingerprint density at radius 3 is 2.58 bits per heavy atom. The van der Waals surface area contributed by atoms with Crippen LogP contribution in [0.3, 0.4) is 0 Å². The normalized spacial score (nSPS) is 12.9. The minimum absolute atomic E-state index is 0.0861. The third kappa shape index (κ3) is 5.34. The van der Waals surface area contributed by atoms with Crippen LogP contribution in [0.25, 0.3) is 10.9 Å². The van der Waals surface area contributed by atoms with Crippen LogP contribution in [-0.4, -0.2) is 31.2 Å². The molecule has 1 aromatic carbocycles. The molecule has 1 atom stereocenters. The highest BCUT2D eigenvalue weighted by Gasteiger charge is 2.20. The Kier molecular flexibility index (Phi) is 6.56. The first-order chi connectivity index (χ1) is 14.5. The summed E-state index contributed by atoms with van der Waals surface area (Å²) in [7, 11) is -3.47. The fraction of sp³-hybridized carbons (Fsp3) is 0.333. The van der Waals surface area contributed by atoms with E-state index in [9.17, 15) is 17.6 Å². The number of benzene rings is 1. The van der Waals surface area contributed by atoms with Crippen LogP contribution in [0.15, 0.2) is 41.3 Å². The first-order valence-electron chi connectivity index (χ1n) is 9.68. The first-order valence-corrected chi connectivity index (χ1v) is 11.9. The van der Waals surface area contributed by atoms with Crippen LogP contribution >= 0.6 is 11.6 Å². The summed E-state index contributed by atoms with van der Waals surface area (Å²) in [5.74, 6) is -0.0760. The molecule has 2 N–H and O–H groups in total. The molecule has 0 saturated heterocycles. The van der Waals surface area contributed by atoms with Gasteiger partial charge in [0.05, 0.1) is 23.5 Å². The molecule has 0 aliphatic rings. The minimum Gasteiger partial charge on any atom is -0.363 e. The number of anilines is 2. The Morgan fingerprint density at radius 1 is 1.23 bits per heavy atom. The van der Waals surface area contributed by atoms with E-state index >= 15 is 0 Å². The van der Waals surface area contributed by atoms with Gasteiger partial charge in [0.1, 0.15) is 11.6 Å². The van der Waals surface area contributed by atoms with Crippen molar-refractivity contribution in [3.05, 3.63) is 63.3 Å². The summed E-state index contributed by atoms with van der Waals surface area (Å²) < 4.78 is 39.9. The van der Waals surface area contributed by atoms with Gasteiger partial charge in [-0.3, -0.25) is 9.10 Å². The summed E-state index contributed by atoms with van der Waals surface area (Å²) in [6.45, 7) is 5.95. The zero-order chi connectivity index (χ0) is 22.9. The van der Waals surface area contributed by atoms with Crippen molar-refractivity contribution in [2.75, 3.05) is 22.4 Å². The van der Waals surface area contributed by atoms with Crippen LogP contribution < -0.4 is 15.2 Å². The SMILES string of the molecule is CC(C)CN(c1ccnc(N[C@@H](C)c2cc3cc(Cl)cc(F)c3[nH]c2=O)c1)S(C)(=O)=O. The van der Waals surface area contributed by atoms with Gasteiger partial charge in [0.15, 0.2) is 0 Å². The van der Waals surface area contributed by atoms with Gasteiger partial charge in [-0.15, -0.1) is 0 Å². The topological polar surface area (TPSA) is 95.2 Å². The molecular weight excluding hydrogens is 443 g/mol. The Balaban J connectivity index is 1.94. The van der Waals surface area contributed by atoms with Gasteiger partial charge in [0, 0.05) is 34.8 Å². The zero-order valence-corrected chi connectivity index (χ0v) is 19.2. The third-order valence-electron chi connectivity index (χ3n) is 4.69. The van der Waals surface area contributed by atoms with Gasteiger partial charge >= 0.3 is 0 Å². The molecule has 0 saturated carbocycles. The van der Waals surface area contributed by atoms with E-state index in [0.717, 1.165) is 12.3 Å². The lowest BCUT2D eigenvalue weighted by molar-refractivity contribution is 0.583. The molecule has 7 nitrogen and oxygen atoms in total. The average Bonchev–Trinajstić information content (AvgIpc) is 2.65. The molecule has 0 unspecified atom stereocenters. The maximum Gasteiger partial charge on any atom is 0.253 e. The summed E-state index contributed by atoms with van der Waals surface area (Å²) in [6, 6.07) is 7.03. The smallest absolute Gasteiger partial charge is 0.253 e. The number of rotatable bonds is 7. The fourth-order valence-electron chi connectivity index (χ4n) is 3.30. The quantitative estimate of drug-likeness (QED) is 0.541. The standard InChI is InChI=1S/C21H24ClFN4O3S/c1-12(2)11-27(31(4,29)30)16-5-6-24-19(10-16)25-13(3)17-8-14-7-15(22)9-18(23)20(14)26-21(17)28/h5-10,12-13H,11H2,1-4H3,(H,24,25)(H,26,28)/t13-/m0/s1. The molecule has 0 aliphatic carbocycles. The molecule has 3 rings (SSSR count). The molecule has 10 heteroatoms. The Labute approximate surface area is 185 Å².